The second-order valence-electron chi connectivity index (χ2n) is 12.3. The Morgan fingerprint density at radius 1 is 1.09 bits per heavy atom. The smallest absolute Gasteiger partial charge is 0.255 e. The Balaban J connectivity index is 1.45. The number of pyridine rings is 1. The van der Waals surface area contributed by atoms with Crippen LogP contribution in [0.3, 0.4) is 0 Å². The molecule has 236 valence electrons. The molecule has 11 heteroatoms. The maximum atomic E-state index is 14.1. The summed E-state index contributed by atoms with van der Waals surface area (Å²) in [6.07, 6.45) is 11.8. The van der Waals surface area contributed by atoms with E-state index in [-0.39, 0.29) is 24.2 Å². The van der Waals surface area contributed by atoms with Crippen molar-refractivity contribution in [1.82, 2.24) is 18.9 Å². The molecule has 0 atom stereocenters. The number of anilines is 1. The zero-order chi connectivity index (χ0) is 31.9. The molecule has 1 aliphatic carbocycles. The van der Waals surface area contributed by atoms with Crippen molar-refractivity contribution in [2.24, 2.45) is 0 Å². The van der Waals surface area contributed by atoms with Crippen molar-refractivity contribution in [3.8, 4) is 16.9 Å². The number of piperidine rings is 1. The van der Waals surface area contributed by atoms with Crippen LogP contribution >= 0.6 is 0 Å². The molecule has 0 radical (unpaired) electrons. The third-order valence-corrected chi connectivity index (χ3v) is 11.6. The molecule has 2 aliphatic rings. The number of fused-ring (bicyclic) bond motifs is 1. The predicted molar refractivity (Wildman–Crippen MR) is 176 cm³/mol. The third-order valence-electron chi connectivity index (χ3n) is 9.15. The first-order valence-electron chi connectivity index (χ1n) is 15.5. The molecule has 6 rings (SSSR count). The molecular formula is C34H39N5O5S. The van der Waals surface area contributed by atoms with Crippen molar-refractivity contribution < 1.29 is 17.9 Å². The molecule has 2 fully saturated rings. The molecule has 1 saturated heterocycles. The minimum atomic E-state index is -3.80. The van der Waals surface area contributed by atoms with Gasteiger partial charge in [-0.15, -0.1) is 6.58 Å². The number of hydrogen-bond donors (Lipinski definition) is 1. The van der Waals surface area contributed by atoms with Gasteiger partial charge in [0, 0.05) is 60.3 Å². The lowest BCUT2D eigenvalue weighted by Crippen LogP contribution is -2.30. The molecule has 0 amide bonds. The number of rotatable bonds is 11. The van der Waals surface area contributed by atoms with Crippen LogP contribution in [0.1, 0.15) is 72.1 Å². The Hall–Kier alpha value is -4.25. The number of nitrogens with zero attached hydrogens (tertiary/aromatic N) is 4. The van der Waals surface area contributed by atoms with E-state index >= 15 is 0 Å². The van der Waals surface area contributed by atoms with Crippen molar-refractivity contribution in [1.29, 1.82) is 0 Å². The molecule has 0 spiro atoms. The summed E-state index contributed by atoms with van der Waals surface area (Å²) in [7, 11) is -2.30. The predicted octanol–water partition coefficient (Wildman–Crippen LogP) is 5.50. The summed E-state index contributed by atoms with van der Waals surface area (Å²) in [5, 5.41) is 0.581. The van der Waals surface area contributed by atoms with Gasteiger partial charge in [-0.25, -0.2) is 22.4 Å². The number of H-pyrrole nitrogens is 1. The van der Waals surface area contributed by atoms with Crippen LogP contribution in [-0.2, 0) is 16.4 Å². The van der Waals surface area contributed by atoms with Gasteiger partial charge in [0.05, 0.1) is 22.9 Å². The molecule has 1 aromatic carbocycles. The zero-order valence-electron chi connectivity index (χ0n) is 26.1. The highest BCUT2D eigenvalue weighted by Crippen LogP contribution is 2.49. The Kier molecular flexibility index (Phi) is 8.15. The second kappa shape index (κ2) is 11.9. The van der Waals surface area contributed by atoms with Crippen LogP contribution < -0.4 is 15.2 Å². The van der Waals surface area contributed by atoms with Gasteiger partial charge >= 0.3 is 0 Å². The lowest BCUT2D eigenvalue weighted by atomic mass is 9.95. The number of carbonyl (C=O) groups is 1. The van der Waals surface area contributed by atoms with Gasteiger partial charge in [-0.1, -0.05) is 6.08 Å². The van der Waals surface area contributed by atoms with E-state index in [9.17, 15) is 18.0 Å². The van der Waals surface area contributed by atoms with Crippen LogP contribution in [0.5, 0.6) is 5.75 Å². The number of aromatic amines is 1. The lowest BCUT2D eigenvalue weighted by molar-refractivity contribution is 0.0984. The Bertz CT molecular complexity index is 1950. The number of hydrogen-bond acceptors (Lipinski definition) is 8. The van der Waals surface area contributed by atoms with Crippen molar-refractivity contribution in [2.45, 2.75) is 70.0 Å². The molecule has 1 N–H and O–H groups in total. The van der Waals surface area contributed by atoms with E-state index in [1.54, 1.807) is 43.7 Å². The zero-order valence-corrected chi connectivity index (χ0v) is 26.9. The van der Waals surface area contributed by atoms with E-state index in [0.717, 1.165) is 25.9 Å². The standard InChI is InChI=1S/C34H39N5O5S/c1-5-11-34(12-13-34)45(42,43)39-21-22(2)31-27(29(40)10-9-26-30(44-4)16-23(3)37-32(26)41)17-24(18-28(31)39)25-19-35-33(36-20-25)38-14-7-6-8-15-38/h5,16-21H,1,6-15H2,2-4H3,(H,37,41). The van der Waals surface area contributed by atoms with Crippen molar-refractivity contribution >= 4 is 32.7 Å². The van der Waals surface area contributed by atoms with E-state index in [1.807, 2.05) is 13.0 Å². The Labute approximate surface area is 263 Å². The number of methoxy groups -OCH3 is 1. The summed E-state index contributed by atoms with van der Waals surface area (Å²) in [4.78, 5) is 41.0. The Morgan fingerprint density at radius 2 is 1.80 bits per heavy atom. The molecule has 1 aliphatic heterocycles. The summed E-state index contributed by atoms with van der Waals surface area (Å²) >= 11 is 0. The molecule has 45 heavy (non-hydrogen) atoms. The summed E-state index contributed by atoms with van der Waals surface area (Å²) in [5.74, 6) is 0.884. The van der Waals surface area contributed by atoms with Crippen LogP contribution in [0.4, 0.5) is 5.95 Å². The fraction of sp³-hybridized carbons (Fsp3) is 0.412. The van der Waals surface area contributed by atoms with Gasteiger partial charge in [-0.3, -0.25) is 9.59 Å². The highest BCUT2D eigenvalue weighted by molar-refractivity contribution is 7.91. The van der Waals surface area contributed by atoms with Gasteiger partial charge in [-0.05, 0) is 88.1 Å². The van der Waals surface area contributed by atoms with Crippen molar-refractivity contribution in [3.63, 3.8) is 0 Å². The largest absolute Gasteiger partial charge is 0.496 e. The fourth-order valence-electron chi connectivity index (χ4n) is 6.49. The number of carbonyl (C=O) groups excluding carboxylic acids is 1. The van der Waals surface area contributed by atoms with Gasteiger partial charge in [0.1, 0.15) is 5.75 Å². The van der Waals surface area contributed by atoms with Gasteiger partial charge in [0.15, 0.2) is 5.78 Å². The van der Waals surface area contributed by atoms with Gasteiger partial charge in [0.25, 0.3) is 5.56 Å². The maximum absolute atomic E-state index is 14.1. The number of aryl methyl sites for hydroxylation is 2. The summed E-state index contributed by atoms with van der Waals surface area (Å²) in [5.41, 5.74) is 3.60. The molecule has 0 unspecified atom stereocenters. The maximum Gasteiger partial charge on any atom is 0.255 e. The van der Waals surface area contributed by atoms with Crippen molar-refractivity contribution in [2.75, 3.05) is 25.1 Å². The van der Waals surface area contributed by atoms with Crippen LogP contribution in [0.25, 0.3) is 22.0 Å². The van der Waals surface area contributed by atoms with E-state index in [4.69, 9.17) is 4.74 Å². The van der Waals surface area contributed by atoms with Gasteiger partial charge < -0.3 is 14.6 Å². The summed E-state index contributed by atoms with van der Waals surface area (Å²) in [6, 6.07) is 5.34. The minimum Gasteiger partial charge on any atom is -0.496 e. The molecule has 4 aromatic rings. The molecular weight excluding hydrogens is 590 g/mol. The summed E-state index contributed by atoms with van der Waals surface area (Å²) in [6.45, 7) is 9.21. The molecule has 3 aromatic heterocycles. The van der Waals surface area contributed by atoms with E-state index in [1.165, 1.54) is 17.5 Å². The number of ether oxygens (including phenoxy) is 1. The van der Waals surface area contributed by atoms with Gasteiger partial charge in [-0.2, -0.15) is 0 Å². The monoisotopic (exact) mass is 629 g/mol. The minimum absolute atomic E-state index is 0.0310. The highest BCUT2D eigenvalue weighted by Gasteiger charge is 2.54. The third kappa shape index (κ3) is 5.58. The fourth-order valence-corrected chi connectivity index (χ4v) is 8.56. The van der Waals surface area contributed by atoms with Crippen molar-refractivity contribution in [3.05, 3.63) is 82.2 Å². The SMILES string of the molecule is C=CCC1(S(=O)(=O)n2cc(C)c3c(C(=O)CCc4c(OC)cc(C)[nH]c4=O)cc(-c4cnc(N5CCCCC5)nc4)cc32)CC1. The quantitative estimate of drug-likeness (QED) is 0.170. The average Bonchev–Trinajstić information content (AvgIpc) is 3.76. The topological polar surface area (TPSA) is 127 Å². The summed E-state index contributed by atoms with van der Waals surface area (Å²) < 4.78 is 34.0. The number of ketones is 1. The molecule has 0 bridgehead atoms. The van der Waals surface area contributed by atoms with Crippen LogP contribution in [0.2, 0.25) is 0 Å². The first-order chi connectivity index (χ1) is 21.6. The van der Waals surface area contributed by atoms with Crippen LogP contribution in [-0.4, -0.2) is 58.1 Å². The number of allylic oxidation sites excluding steroid dienone is 1. The number of Topliss-reactive ketones (excluding diaryl/α,β-unsaturated/α-hetero) is 1. The highest BCUT2D eigenvalue weighted by atomic mass is 32.2. The van der Waals surface area contributed by atoms with Crippen LogP contribution in [0.15, 0.2) is 54.2 Å². The number of nitrogens with one attached hydrogen (secondary N) is 1. The van der Waals surface area contributed by atoms with E-state index in [0.29, 0.717) is 75.4 Å². The first-order valence-corrected chi connectivity index (χ1v) is 16.9. The average molecular weight is 630 g/mol. The van der Waals surface area contributed by atoms with E-state index in [2.05, 4.69) is 26.4 Å². The molecule has 4 heterocycles. The lowest BCUT2D eigenvalue weighted by Gasteiger charge is -2.26. The normalized spacial score (nSPS) is 16.1. The second-order valence-corrected chi connectivity index (χ2v) is 14.5. The first kappa shape index (κ1) is 30.8. The molecule has 10 nitrogen and oxygen atoms in total. The number of benzene rings is 1. The number of aromatic nitrogens is 4. The van der Waals surface area contributed by atoms with Crippen LogP contribution in [0, 0.1) is 13.8 Å². The van der Waals surface area contributed by atoms with Gasteiger partial charge in [0.2, 0.25) is 16.0 Å². The van der Waals surface area contributed by atoms with E-state index < -0.39 is 14.8 Å². The Morgan fingerprint density at radius 3 is 2.44 bits per heavy atom. The molecule has 1 saturated carbocycles.